The second kappa shape index (κ2) is 10.1. The van der Waals surface area contributed by atoms with E-state index in [1.165, 1.54) is 17.3 Å². The summed E-state index contributed by atoms with van der Waals surface area (Å²) in [4.78, 5) is 42.0. The first-order valence-corrected chi connectivity index (χ1v) is 8.82. The number of rotatable bonds is 8. The van der Waals surface area contributed by atoms with Crippen LogP contribution in [0.15, 0.2) is 48.8 Å². The summed E-state index contributed by atoms with van der Waals surface area (Å²) in [5.74, 6) is -0.946. The Morgan fingerprint density at radius 3 is 2.30 bits per heavy atom. The summed E-state index contributed by atoms with van der Waals surface area (Å²) in [6.45, 7) is 4.08. The minimum absolute atomic E-state index is 0.104. The maximum Gasteiger partial charge on any atom is 0.254 e. The van der Waals surface area contributed by atoms with E-state index in [1.807, 2.05) is 26.0 Å². The Balaban J connectivity index is 1.85. The third-order valence-corrected chi connectivity index (χ3v) is 3.82. The van der Waals surface area contributed by atoms with Gasteiger partial charge in [-0.2, -0.15) is 0 Å². The maximum absolute atomic E-state index is 12.5. The van der Waals surface area contributed by atoms with Crippen molar-refractivity contribution in [1.82, 2.24) is 15.2 Å². The van der Waals surface area contributed by atoms with E-state index in [2.05, 4.69) is 15.6 Å². The first-order chi connectivity index (χ1) is 13.0. The summed E-state index contributed by atoms with van der Waals surface area (Å²) in [5, 5.41) is 5.26. The van der Waals surface area contributed by atoms with Gasteiger partial charge in [0, 0.05) is 30.2 Å². The number of amides is 3. The van der Waals surface area contributed by atoms with Gasteiger partial charge >= 0.3 is 0 Å². The Labute approximate surface area is 158 Å². The number of pyridine rings is 1. The number of benzene rings is 1. The predicted molar refractivity (Wildman–Crippen MR) is 103 cm³/mol. The van der Waals surface area contributed by atoms with Gasteiger partial charge in [-0.05, 0) is 37.6 Å². The van der Waals surface area contributed by atoms with Gasteiger partial charge in [0.15, 0.2) is 0 Å². The van der Waals surface area contributed by atoms with E-state index in [1.54, 1.807) is 24.3 Å². The van der Waals surface area contributed by atoms with Crippen LogP contribution >= 0.6 is 0 Å². The molecule has 0 fully saturated rings. The molecule has 0 spiro atoms. The van der Waals surface area contributed by atoms with Crippen molar-refractivity contribution in [2.24, 2.45) is 0 Å². The minimum Gasteiger partial charge on any atom is -0.345 e. The molecular weight excluding hydrogens is 344 g/mol. The summed E-state index contributed by atoms with van der Waals surface area (Å²) in [5.41, 5.74) is 2.24. The van der Waals surface area contributed by atoms with Crippen LogP contribution in [0.3, 0.4) is 0 Å². The lowest BCUT2D eigenvalue weighted by atomic mass is 10.2. The molecule has 0 radical (unpaired) electrons. The molecule has 27 heavy (non-hydrogen) atoms. The van der Waals surface area contributed by atoms with E-state index >= 15 is 0 Å². The second-order valence-corrected chi connectivity index (χ2v) is 6.15. The molecule has 2 N–H and O–H groups in total. The van der Waals surface area contributed by atoms with Gasteiger partial charge in [-0.3, -0.25) is 19.4 Å². The van der Waals surface area contributed by atoms with Gasteiger partial charge in [0.25, 0.3) is 5.91 Å². The summed E-state index contributed by atoms with van der Waals surface area (Å²) < 4.78 is 0. The van der Waals surface area contributed by atoms with Crippen LogP contribution in [-0.4, -0.2) is 47.2 Å². The summed E-state index contributed by atoms with van der Waals surface area (Å²) in [6, 6.07) is 10.6. The van der Waals surface area contributed by atoms with Gasteiger partial charge in [0.1, 0.15) is 0 Å². The van der Waals surface area contributed by atoms with Crippen molar-refractivity contribution in [1.29, 1.82) is 0 Å². The van der Waals surface area contributed by atoms with Crippen LogP contribution in [0.4, 0.5) is 5.69 Å². The molecular formula is C20H24N4O3. The van der Waals surface area contributed by atoms with E-state index in [4.69, 9.17) is 0 Å². The zero-order valence-corrected chi connectivity index (χ0v) is 15.6. The standard InChI is InChI=1S/C20H24N4O3/c1-3-12-24(20(27)16-8-10-21-11-9-16)14-19(26)22-13-18(25)23-17-6-4-15(2)5-7-17/h4-11H,3,12-14H2,1-2H3,(H,22,26)(H,23,25). The predicted octanol–water partition coefficient (Wildman–Crippen LogP) is 2.00. The molecule has 0 aliphatic carbocycles. The van der Waals surface area contributed by atoms with Crippen molar-refractivity contribution in [2.75, 3.05) is 25.0 Å². The fraction of sp³-hybridized carbons (Fsp3) is 0.300. The average Bonchev–Trinajstić information content (AvgIpc) is 2.68. The summed E-state index contributed by atoms with van der Waals surface area (Å²) >= 11 is 0. The Morgan fingerprint density at radius 1 is 1.00 bits per heavy atom. The molecule has 7 nitrogen and oxygen atoms in total. The monoisotopic (exact) mass is 368 g/mol. The van der Waals surface area contributed by atoms with Crippen LogP contribution in [0.1, 0.15) is 29.3 Å². The molecule has 2 aromatic rings. The number of carbonyl (C=O) groups excluding carboxylic acids is 3. The number of aryl methyl sites for hydroxylation is 1. The molecule has 0 aliphatic heterocycles. The lowest BCUT2D eigenvalue weighted by Crippen LogP contribution is -2.43. The Kier molecular flexibility index (Phi) is 7.49. The molecule has 2 rings (SSSR count). The second-order valence-electron chi connectivity index (χ2n) is 6.15. The smallest absolute Gasteiger partial charge is 0.254 e. The molecule has 1 aromatic carbocycles. The molecule has 0 saturated carbocycles. The van der Waals surface area contributed by atoms with E-state index in [0.29, 0.717) is 17.8 Å². The van der Waals surface area contributed by atoms with Crippen molar-refractivity contribution in [3.05, 3.63) is 59.9 Å². The zero-order valence-electron chi connectivity index (χ0n) is 15.6. The number of anilines is 1. The summed E-state index contributed by atoms with van der Waals surface area (Å²) in [6.07, 6.45) is 3.79. The van der Waals surface area contributed by atoms with E-state index < -0.39 is 0 Å². The molecule has 0 atom stereocenters. The topological polar surface area (TPSA) is 91.4 Å². The van der Waals surface area contributed by atoms with Crippen molar-refractivity contribution >= 4 is 23.4 Å². The van der Waals surface area contributed by atoms with Crippen LogP contribution in [-0.2, 0) is 9.59 Å². The quantitative estimate of drug-likeness (QED) is 0.745. The van der Waals surface area contributed by atoms with Gasteiger partial charge in [0.2, 0.25) is 11.8 Å². The molecule has 0 bridgehead atoms. The van der Waals surface area contributed by atoms with E-state index in [0.717, 1.165) is 12.0 Å². The van der Waals surface area contributed by atoms with E-state index in [9.17, 15) is 14.4 Å². The normalized spacial score (nSPS) is 10.1. The first-order valence-electron chi connectivity index (χ1n) is 8.82. The third-order valence-electron chi connectivity index (χ3n) is 3.82. The third kappa shape index (κ3) is 6.54. The SMILES string of the molecule is CCCN(CC(=O)NCC(=O)Nc1ccc(C)cc1)C(=O)c1ccncc1. The van der Waals surface area contributed by atoms with Crippen molar-refractivity contribution in [3.63, 3.8) is 0 Å². The van der Waals surface area contributed by atoms with Crippen molar-refractivity contribution in [2.45, 2.75) is 20.3 Å². The number of nitrogens with zero attached hydrogens (tertiary/aromatic N) is 2. The fourth-order valence-corrected chi connectivity index (χ4v) is 2.45. The molecule has 1 aromatic heterocycles. The summed E-state index contributed by atoms with van der Waals surface area (Å²) in [7, 11) is 0. The lowest BCUT2D eigenvalue weighted by molar-refractivity contribution is -0.124. The lowest BCUT2D eigenvalue weighted by Gasteiger charge is -2.21. The van der Waals surface area contributed by atoms with Gasteiger partial charge in [-0.1, -0.05) is 24.6 Å². The Bertz CT molecular complexity index is 776. The van der Waals surface area contributed by atoms with Gasteiger partial charge in [0.05, 0.1) is 13.1 Å². The average molecular weight is 368 g/mol. The van der Waals surface area contributed by atoms with Crippen molar-refractivity contribution < 1.29 is 14.4 Å². The number of carbonyl (C=O) groups is 3. The molecule has 3 amide bonds. The molecule has 1 heterocycles. The maximum atomic E-state index is 12.5. The Morgan fingerprint density at radius 2 is 1.67 bits per heavy atom. The molecule has 0 unspecified atom stereocenters. The molecule has 0 saturated heterocycles. The molecule has 0 aliphatic rings. The number of hydrogen-bond donors (Lipinski definition) is 2. The largest absolute Gasteiger partial charge is 0.345 e. The highest BCUT2D eigenvalue weighted by molar-refractivity contribution is 5.98. The van der Waals surface area contributed by atoms with Crippen LogP contribution in [0.25, 0.3) is 0 Å². The Hall–Kier alpha value is -3.22. The highest BCUT2D eigenvalue weighted by Crippen LogP contribution is 2.08. The van der Waals surface area contributed by atoms with Crippen molar-refractivity contribution in [3.8, 4) is 0 Å². The van der Waals surface area contributed by atoms with Crippen LogP contribution in [0.2, 0.25) is 0 Å². The van der Waals surface area contributed by atoms with Crippen LogP contribution in [0.5, 0.6) is 0 Å². The zero-order chi connectivity index (χ0) is 19.6. The van der Waals surface area contributed by atoms with Gasteiger partial charge in [-0.25, -0.2) is 0 Å². The molecule has 7 heteroatoms. The first kappa shape index (κ1) is 20.1. The number of aromatic nitrogens is 1. The highest BCUT2D eigenvalue weighted by atomic mass is 16.2. The van der Waals surface area contributed by atoms with Gasteiger partial charge < -0.3 is 15.5 Å². The number of hydrogen-bond acceptors (Lipinski definition) is 4. The number of nitrogens with one attached hydrogen (secondary N) is 2. The van der Waals surface area contributed by atoms with E-state index in [-0.39, 0.29) is 30.8 Å². The minimum atomic E-state index is -0.384. The molecule has 142 valence electrons. The highest BCUT2D eigenvalue weighted by Gasteiger charge is 2.18. The van der Waals surface area contributed by atoms with Gasteiger partial charge in [-0.15, -0.1) is 0 Å². The van der Waals surface area contributed by atoms with Crippen LogP contribution in [0, 0.1) is 6.92 Å². The van der Waals surface area contributed by atoms with Crippen LogP contribution < -0.4 is 10.6 Å². The fourth-order valence-electron chi connectivity index (χ4n) is 2.45.